The molecule has 28 heavy (non-hydrogen) atoms. The first-order chi connectivity index (χ1) is 13.7. The molecule has 0 radical (unpaired) electrons. The van der Waals surface area contributed by atoms with E-state index in [1.54, 1.807) is 0 Å². The zero-order valence-electron chi connectivity index (χ0n) is 16.2. The third-order valence-electron chi connectivity index (χ3n) is 5.27. The molecule has 3 aromatic carbocycles. The highest BCUT2D eigenvalue weighted by Gasteiger charge is 2.19. The fourth-order valence-electron chi connectivity index (χ4n) is 3.68. The summed E-state index contributed by atoms with van der Waals surface area (Å²) in [7, 11) is 0. The van der Waals surface area contributed by atoms with Crippen LogP contribution in [0.4, 0.5) is 11.4 Å². The van der Waals surface area contributed by atoms with Crippen LogP contribution < -0.4 is 15.0 Å². The summed E-state index contributed by atoms with van der Waals surface area (Å²) in [5.41, 5.74) is 2.02. The molecule has 0 aromatic heterocycles. The van der Waals surface area contributed by atoms with Crippen LogP contribution in [0, 0.1) is 0 Å². The molecule has 144 valence electrons. The molecule has 0 aliphatic carbocycles. The number of ether oxygens (including phenoxy) is 1. The molecule has 1 N–H and O–H groups in total. The Morgan fingerprint density at radius 1 is 1.00 bits per heavy atom. The third-order valence-corrected chi connectivity index (χ3v) is 5.27. The van der Waals surface area contributed by atoms with Crippen LogP contribution in [-0.4, -0.2) is 25.1 Å². The van der Waals surface area contributed by atoms with E-state index >= 15 is 0 Å². The standard InChI is InChI=1S/C24H26N2O2/c1-2-23(28-22-14-9-18-7-3-4-8-19(18)17-22)24(27)25-20-10-12-21(13-11-20)26-15-5-6-16-26/h3-4,7-14,17,23H,2,5-6,15-16H2,1H3,(H,25,27)/t23-/m0/s1. The Morgan fingerprint density at radius 3 is 2.43 bits per heavy atom. The van der Waals surface area contributed by atoms with Gasteiger partial charge in [0.2, 0.25) is 0 Å². The number of rotatable bonds is 6. The predicted octanol–water partition coefficient (Wildman–Crippen LogP) is 5.24. The first-order valence-electron chi connectivity index (χ1n) is 10.0. The highest BCUT2D eigenvalue weighted by atomic mass is 16.5. The van der Waals surface area contributed by atoms with Gasteiger partial charge >= 0.3 is 0 Å². The number of fused-ring (bicyclic) bond motifs is 1. The molecule has 4 heteroatoms. The molecule has 1 saturated heterocycles. The number of nitrogens with one attached hydrogen (secondary N) is 1. The Morgan fingerprint density at radius 2 is 1.71 bits per heavy atom. The predicted molar refractivity (Wildman–Crippen MR) is 115 cm³/mol. The molecule has 1 aliphatic rings. The Labute approximate surface area is 166 Å². The minimum Gasteiger partial charge on any atom is -0.481 e. The van der Waals surface area contributed by atoms with E-state index in [2.05, 4.69) is 28.4 Å². The maximum absolute atomic E-state index is 12.7. The van der Waals surface area contributed by atoms with Crippen LogP contribution in [0.15, 0.2) is 66.7 Å². The van der Waals surface area contributed by atoms with Crippen LogP contribution in [0.25, 0.3) is 10.8 Å². The van der Waals surface area contributed by atoms with Crippen molar-refractivity contribution in [3.05, 3.63) is 66.7 Å². The van der Waals surface area contributed by atoms with Gasteiger partial charge in [-0.3, -0.25) is 4.79 Å². The van der Waals surface area contributed by atoms with E-state index in [-0.39, 0.29) is 5.91 Å². The van der Waals surface area contributed by atoms with Gasteiger partial charge in [0, 0.05) is 24.5 Å². The van der Waals surface area contributed by atoms with Crippen molar-refractivity contribution in [3.8, 4) is 5.75 Å². The number of benzene rings is 3. The average molecular weight is 374 g/mol. The van der Waals surface area contributed by atoms with E-state index in [4.69, 9.17) is 4.74 Å². The smallest absolute Gasteiger partial charge is 0.265 e. The molecule has 4 rings (SSSR count). The molecule has 4 nitrogen and oxygen atoms in total. The Balaban J connectivity index is 1.41. The molecule has 1 atom stereocenters. The summed E-state index contributed by atoms with van der Waals surface area (Å²) < 4.78 is 5.99. The van der Waals surface area contributed by atoms with E-state index in [1.165, 1.54) is 18.5 Å². The Hall–Kier alpha value is -3.01. The van der Waals surface area contributed by atoms with Crippen molar-refractivity contribution in [2.45, 2.75) is 32.3 Å². The lowest BCUT2D eigenvalue weighted by molar-refractivity contribution is -0.122. The minimum atomic E-state index is -0.528. The summed E-state index contributed by atoms with van der Waals surface area (Å²) in [5, 5.41) is 5.25. The van der Waals surface area contributed by atoms with Gasteiger partial charge in [-0.15, -0.1) is 0 Å². The first-order valence-corrected chi connectivity index (χ1v) is 10.0. The van der Waals surface area contributed by atoms with Crippen LogP contribution in [0.2, 0.25) is 0 Å². The quantitative estimate of drug-likeness (QED) is 0.642. The van der Waals surface area contributed by atoms with E-state index in [0.717, 1.165) is 29.5 Å². The minimum absolute atomic E-state index is 0.121. The summed E-state index contributed by atoms with van der Waals surface area (Å²) in [5.74, 6) is 0.592. The SMILES string of the molecule is CC[C@H](Oc1ccc2ccccc2c1)C(=O)Nc1ccc(N2CCCC2)cc1. The number of carbonyl (C=O) groups excluding carboxylic acids is 1. The van der Waals surface area contributed by atoms with Gasteiger partial charge in [0.15, 0.2) is 6.10 Å². The molecular weight excluding hydrogens is 348 g/mol. The molecule has 0 saturated carbocycles. The van der Waals surface area contributed by atoms with Crippen LogP contribution in [0.3, 0.4) is 0 Å². The fourth-order valence-corrected chi connectivity index (χ4v) is 3.68. The van der Waals surface area contributed by atoms with Gasteiger partial charge in [0.1, 0.15) is 5.75 Å². The zero-order valence-corrected chi connectivity index (χ0v) is 16.2. The molecule has 3 aromatic rings. The number of nitrogens with zero attached hydrogens (tertiary/aromatic N) is 1. The van der Waals surface area contributed by atoms with E-state index in [0.29, 0.717) is 12.2 Å². The van der Waals surface area contributed by atoms with E-state index in [1.807, 2.05) is 55.5 Å². The van der Waals surface area contributed by atoms with Gasteiger partial charge in [-0.05, 0) is 66.4 Å². The van der Waals surface area contributed by atoms with Gasteiger partial charge in [0.25, 0.3) is 5.91 Å². The molecule has 0 unspecified atom stereocenters. The Bertz CT molecular complexity index is 946. The maximum atomic E-state index is 12.7. The van der Waals surface area contributed by atoms with Gasteiger partial charge in [0.05, 0.1) is 0 Å². The molecule has 0 bridgehead atoms. The average Bonchev–Trinajstić information content (AvgIpc) is 3.27. The summed E-state index contributed by atoms with van der Waals surface area (Å²) in [6.45, 7) is 4.19. The van der Waals surface area contributed by atoms with Crippen molar-refractivity contribution < 1.29 is 9.53 Å². The molecule has 1 aliphatic heterocycles. The van der Waals surface area contributed by atoms with Gasteiger partial charge in [-0.2, -0.15) is 0 Å². The van der Waals surface area contributed by atoms with Gasteiger partial charge < -0.3 is 15.0 Å². The normalized spacial score (nSPS) is 14.8. The molecular formula is C24H26N2O2. The largest absolute Gasteiger partial charge is 0.481 e. The maximum Gasteiger partial charge on any atom is 0.265 e. The second kappa shape index (κ2) is 8.34. The number of anilines is 2. The van der Waals surface area contributed by atoms with Crippen LogP contribution in [-0.2, 0) is 4.79 Å². The second-order valence-electron chi connectivity index (χ2n) is 7.25. The fraction of sp³-hybridized carbons (Fsp3) is 0.292. The lowest BCUT2D eigenvalue weighted by Gasteiger charge is -2.19. The van der Waals surface area contributed by atoms with Gasteiger partial charge in [-0.1, -0.05) is 37.3 Å². The van der Waals surface area contributed by atoms with Crippen molar-refractivity contribution in [1.29, 1.82) is 0 Å². The van der Waals surface area contributed by atoms with Crippen molar-refractivity contribution in [3.63, 3.8) is 0 Å². The molecule has 1 heterocycles. The molecule has 1 fully saturated rings. The van der Waals surface area contributed by atoms with Crippen molar-refractivity contribution >= 4 is 28.1 Å². The zero-order chi connectivity index (χ0) is 19.3. The highest BCUT2D eigenvalue weighted by Crippen LogP contribution is 2.24. The third kappa shape index (κ3) is 4.11. The van der Waals surface area contributed by atoms with Crippen LogP contribution >= 0.6 is 0 Å². The number of hydrogen-bond donors (Lipinski definition) is 1. The topological polar surface area (TPSA) is 41.6 Å². The number of hydrogen-bond acceptors (Lipinski definition) is 3. The highest BCUT2D eigenvalue weighted by molar-refractivity contribution is 5.94. The van der Waals surface area contributed by atoms with E-state index in [9.17, 15) is 4.79 Å². The van der Waals surface area contributed by atoms with E-state index < -0.39 is 6.10 Å². The summed E-state index contributed by atoms with van der Waals surface area (Å²) >= 11 is 0. The molecule has 1 amide bonds. The van der Waals surface area contributed by atoms with Crippen molar-refractivity contribution in [2.75, 3.05) is 23.3 Å². The van der Waals surface area contributed by atoms with Crippen molar-refractivity contribution in [1.82, 2.24) is 0 Å². The van der Waals surface area contributed by atoms with Crippen molar-refractivity contribution in [2.24, 2.45) is 0 Å². The monoisotopic (exact) mass is 374 g/mol. The summed E-state index contributed by atoms with van der Waals surface area (Å²) in [4.78, 5) is 15.1. The first kappa shape index (κ1) is 18.4. The molecule has 0 spiro atoms. The lowest BCUT2D eigenvalue weighted by Crippen LogP contribution is -2.32. The van der Waals surface area contributed by atoms with Crippen LogP contribution in [0.5, 0.6) is 5.75 Å². The Kier molecular flexibility index (Phi) is 5.47. The lowest BCUT2D eigenvalue weighted by atomic mass is 10.1. The second-order valence-corrected chi connectivity index (χ2v) is 7.25. The number of carbonyl (C=O) groups is 1. The van der Waals surface area contributed by atoms with Crippen LogP contribution in [0.1, 0.15) is 26.2 Å². The number of amides is 1. The summed E-state index contributed by atoms with van der Waals surface area (Å²) in [6, 6.07) is 22.1. The summed E-state index contributed by atoms with van der Waals surface area (Å²) in [6.07, 6.45) is 2.58. The van der Waals surface area contributed by atoms with Gasteiger partial charge in [-0.25, -0.2) is 0 Å².